The van der Waals surface area contributed by atoms with Gasteiger partial charge in [-0.3, -0.25) is 18.9 Å². The molecule has 1 fully saturated rings. The maximum atomic E-state index is 11.9. The van der Waals surface area contributed by atoms with Crippen LogP contribution in [0.5, 0.6) is 0 Å². The number of phosphoric ester groups is 1. The molecule has 0 aromatic carbocycles. The molecule has 1 aromatic rings. The number of aromatic nitrogens is 2. The molecule has 1 aliphatic heterocycles. The summed E-state index contributed by atoms with van der Waals surface area (Å²) in [4.78, 5) is 60.6. The summed E-state index contributed by atoms with van der Waals surface area (Å²) in [7, 11) is -16.8. The van der Waals surface area contributed by atoms with Gasteiger partial charge in [0.15, 0.2) is 6.23 Å². The molecule has 0 bridgehead atoms. The highest BCUT2D eigenvalue weighted by molar-refractivity contribution is 7.66. The zero-order valence-electron chi connectivity index (χ0n) is 14.7. The summed E-state index contributed by atoms with van der Waals surface area (Å²) in [6.07, 6.45) is -5.64. The van der Waals surface area contributed by atoms with Crippen molar-refractivity contribution in [2.24, 2.45) is 0 Å². The third-order valence-electron chi connectivity index (χ3n) is 3.58. The van der Waals surface area contributed by atoms with Crippen molar-refractivity contribution in [2.75, 3.05) is 6.61 Å². The predicted molar refractivity (Wildman–Crippen MR) is 91.8 cm³/mol. The summed E-state index contributed by atoms with van der Waals surface area (Å²) in [5, 5.41) is 20.1. The van der Waals surface area contributed by atoms with Crippen molar-refractivity contribution in [1.29, 1.82) is 0 Å². The van der Waals surface area contributed by atoms with Crippen LogP contribution in [0.4, 0.5) is 0 Å². The first-order chi connectivity index (χ1) is 13.5. The van der Waals surface area contributed by atoms with E-state index in [-0.39, 0.29) is 5.56 Å². The Bertz CT molecular complexity index is 1040. The fourth-order valence-corrected chi connectivity index (χ4v) is 5.37. The second-order valence-corrected chi connectivity index (χ2v) is 10.3. The largest absolute Gasteiger partial charge is 0.490 e. The maximum Gasteiger partial charge on any atom is 0.490 e. The summed E-state index contributed by atoms with van der Waals surface area (Å²) in [5.41, 5.74) is -1.62. The molecule has 2 unspecified atom stereocenters. The van der Waals surface area contributed by atoms with Gasteiger partial charge in [-0.2, -0.15) is 8.62 Å². The third kappa shape index (κ3) is 6.48. The van der Waals surface area contributed by atoms with Crippen molar-refractivity contribution in [3.63, 3.8) is 0 Å². The van der Waals surface area contributed by atoms with Crippen molar-refractivity contribution in [2.45, 2.75) is 31.5 Å². The number of rotatable bonds is 8. The summed E-state index contributed by atoms with van der Waals surface area (Å²) in [6.45, 7) is 0.300. The number of aliphatic hydroxyl groups is 2. The number of aromatic amines is 1. The molecular formula is C10H17N2O15P3. The first kappa shape index (κ1) is 25.2. The van der Waals surface area contributed by atoms with Gasteiger partial charge >= 0.3 is 29.2 Å². The number of H-pyrrole nitrogens is 1. The zero-order valence-corrected chi connectivity index (χ0v) is 17.4. The van der Waals surface area contributed by atoms with Gasteiger partial charge in [-0.05, 0) is 6.92 Å². The van der Waals surface area contributed by atoms with E-state index in [9.17, 15) is 38.4 Å². The quantitative estimate of drug-likeness (QED) is 0.188. The van der Waals surface area contributed by atoms with Crippen LogP contribution < -0.4 is 11.2 Å². The number of aryl methyl sites for hydroxylation is 1. The molecule has 1 aromatic heterocycles. The lowest BCUT2D eigenvalue weighted by Gasteiger charge is -2.19. The minimum absolute atomic E-state index is 0.0663. The van der Waals surface area contributed by atoms with E-state index >= 15 is 0 Å². The van der Waals surface area contributed by atoms with Crippen LogP contribution in [0, 0.1) is 6.92 Å². The first-order valence-electron chi connectivity index (χ1n) is 7.63. The molecule has 0 radical (unpaired) electrons. The van der Waals surface area contributed by atoms with Crippen LogP contribution in [-0.4, -0.2) is 64.3 Å². The topological polar surface area (TPSA) is 264 Å². The highest BCUT2D eigenvalue weighted by Crippen LogP contribution is 2.66. The van der Waals surface area contributed by atoms with E-state index in [4.69, 9.17) is 19.4 Å². The monoisotopic (exact) mass is 498 g/mol. The molecule has 2 heterocycles. The van der Waals surface area contributed by atoms with E-state index in [1.807, 2.05) is 4.98 Å². The SMILES string of the molecule is Cc1cn([C@@H]2O[C@H](COP(=O)(O)OP(=O)(O)OP(=O)(O)O)[C@@H](O)[C@H]2O)c(=O)[nH]c1=O. The van der Waals surface area contributed by atoms with E-state index < -0.39 is 65.9 Å². The van der Waals surface area contributed by atoms with Gasteiger partial charge in [-0.15, -0.1) is 0 Å². The second-order valence-electron chi connectivity index (χ2n) is 5.91. The van der Waals surface area contributed by atoms with Gasteiger partial charge < -0.3 is 34.5 Å². The number of hydrogen-bond acceptors (Lipinski definition) is 11. The van der Waals surface area contributed by atoms with E-state index in [0.29, 0.717) is 0 Å². The van der Waals surface area contributed by atoms with Crippen molar-refractivity contribution in [3.05, 3.63) is 32.6 Å². The van der Waals surface area contributed by atoms with Crippen molar-refractivity contribution in [3.8, 4) is 0 Å². The van der Waals surface area contributed by atoms with Crippen LogP contribution in [0.25, 0.3) is 0 Å². The molecule has 0 saturated carbocycles. The van der Waals surface area contributed by atoms with E-state index in [0.717, 1.165) is 10.8 Å². The minimum atomic E-state index is -5.73. The Morgan fingerprint density at radius 3 is 2.23 bits per heavy atom. The number of nitrogens with zero attached hydrogens (tertiary/aromatic N) is 1. The maximum absolute atomic E-state index is 11.9. The Balaban J connectivity index is 2.09. The smallest absolute Gasteiger partial charge is 0.387 e. The van der Waals surface area contributed by atoms with Gasteiger partial charge in [-0.1, -0.05) is 0 Å². The molecule has 6 atom stereocenters. The fraction of sp³-hybridized carbons (Fsp3) is 0.600. The Morgan fingerprint density at radius 2 is 1.67 bits per heavy atom. The average Bonchev–Trinajstić information content (AvgIpc) is 2.81. The highest BCUT2D eigenvalue weighted by Gasteiger charge is 2.46. The van der Waals surface area contributed by atoms with Gasteiger partial charge in [0.1, 0.15) is 18.3 Å². The Hall–Kier alpha value is -1.03. The molecular weight excluding hydrogens is 481 g/mol. The second kappa shape index (κ2) is 8.84. The molecule has 7 N–H and O–H groups in total. The molecule has 20 heteroatoms. The van der Waals surface area contributed by atoms with Crippen LogP contribution in [0.2, 0.25) is 0 Å². The lowest BCUT2D eigenvalue weighted by atomic mass is 10.1. The third-order valence-corrected chi connectivity index (χ3v) is 7.38. The summed E-state index contributed by atoms with van der Waals surface area (Å²) < 4.78 is 50.8. The lowest BCUT2D eigenvalue weighted by molar-refractivity contribution is -0.0543. The Labute approximate surface area is 165 Å². The van der Waals surface area contributed by atoms with Crippen molar-refractivity contribution < 1.29 is 61.4 Å². The number of phosphoric acid groups is 3. The normalized spacial score (nSPS) is 28.8. The molecule has 0 aliphatic carbocycles. The Morgan fingerprint density at radius 1 is 1.07 bits per heavy atom. The molecule has 1 aliphatic rings. The van der Waals surface area contributed by atoms with Crippen LogP contribution in [0.15, 0.2) is 15.8 Å². The van der Waals surface area contributed by atoms with Crippen LogP contribution in [0.1, 0.15) is 11.8 Å². The number of hydrogen-bond donors (Lipinski definition) is 7. The van der Waals surface area contributed by atoms with Gasteiger partial charge in [-0.25, -0.2) is 18.5 Å². The standard InChI is InChI=1S/C10H17N2O15P3/c1-4-2-12(10(16)11-8(4)15)9-7(14)6(13)5(25-9)3-24-29(20,21)27-30(22,23)26-28(17,18)19/h2,5-7,9,13-14H,3H2,1H3,(H,20,21)(H,22,23)(H,11,15,16)(H2,17,18,19)/t5-,6-,7-,9-/m1/s1. The van der Waals surface area contributed by atoms with Crippen LogP contribution >= 0.6 is 23.5 Å². The number of nitrogens with one attached hydrogen (secondary N) is 1. The molecule has 30 heavy (non-hydrogen) atoms. The first-order valence-corrected chi connectivity index (χ1v) is 12.2. The van der Waals surface area contributed by atoms with E-state index in [1.54, 1.807) is 0 Å². The summed E-state index contributed by atoms with van der Waals surface area (Å²) >= 11 is 0. The summed E-state index contributed by atoms with van der Waals surface area (Å²) in [6, 6.07) is 0. The Kier molecular flexibility index (Phi) is 7.44. The van der Waals surface area contributed by atoms with E-state index in [1.165, 1.54) is 6.92 Å². The molecule has 0 spiro atoms. The summed E-state index contributed by atoms with van der Waals surface area (Å²) in [5.74, 6) is 0. The molecule has 0 amide bonds. The van der Waals surface area contributed by atoms with Crippen LogP contribution in [0.3, 0.4) is 0 Å². The fourth-order valence-electron chi connectivity index (χ4n) is 2.34. The van der Waals surface area contributed by atoms with Crippen molar-refractivity contribution in [1.82, 2.24) is 9.55 Å². The lowest BCUT2D eigenvalue weighted by Crippen LogP contribution is -2.38. The molecule has 2 rings (SSSR count). The average molecular weight is 498 g/mol. The van der Waals surface area contributed by atoms with Crippen LogP contribution in [-0.2, 0) is 31.6 Å². The predicted octanol–water partition coefficient (Wildman–Crippen LogP) is -2.19. The van der Waals surface area contributed by atoms with Gasteiger partial charge in [0.05, 0.1) is 6.61 Å². The number of ether oxygens (including phenoxy) is 1. The highest BCUT2D eigenvalue weighted by atomic mass is 31.3. The molecule has 172 valence electrons. The molecule has 17 nitrogen and oxygen atoms in total. The molecule has 1 saturated heterocycles. The zero-order chi connectivity index (χ0) is 23.1. The number of aliphatic hydroxyl groups excluding tert-OH is 2. The van der Waals surface area contributed by atoms with E-state index in [2.05, 4.69) is 13.1 Å². The van der Waals surface area contributed by atoms with Gasteiger partial charge in [0.25, 0.3) is 5.56 Å². The van der Waals surface area contributed by atoms with Crippen molar-refractivity contribution >= 4 is 23.5 Å². The van der Waals surface area contributed by atoms with Gasteiger partial charge in [0.2, 0.25) is 0 Å². The minimum Gasteiger partial charge on any atom is -0.387 e. The van der Waals surface area contributed by atoms with Gasteiger partial charge in [0, 0.05) is 11.8 Å².